The zero-order valence-corrected chi connectivity index (χ0v) is 14.0. The van der Waals surface area contributed by atoms with Crippen molar-refractivity contribution in [3.63, 3.8) is 0 Å². The summed E-state index contributed by atoms with van der Waals surface area (Å²) in [4.78, 5) is 20.8. The lowest BCUT2D eigenvalue weighted by atomic mass is 9.65. The molecule has 0 aromatic carbocycles. The first kappa shape index (κ1) is 15.3. The van der Waals surface area contributed by atoms with Crippen LogP contribution in [0.15, 0.2) is 10.6 Å². The van der Waals surface area contributed by atoms with Crippen molar-refractivity contribution in [1.82, 2.24) is 20.4 Å². The molecule has 7 heteroatoms. The molecule has 2 fully saturated rings. The number of ether oxygens (including phenoxy) is 1. The average molecular weight is 328 g/mol. The fourth-order valence-electron chi connectivity index (χ4n) is 3.78. The zero-order chi connectivity index (χ0) is 16.8. The average Bonchev–Trinajstić information content (AvgIpc) is 2.97. The first-order valence-corrected chi connectivity index (χ1v) is 8.20. The molecule has 3 heterocycles. The van der Waals surface area contributed by atoms with Crippen molar-refractivity contribution in [3.8, 4) is 17.3 Å². The van der Waals surface area contributed by atoms with E-state index in [-0.39, 0.29) is 17.9 Å². The van der Waals surface area contributed by atoms with Crippen LogP contribution in [0.25, 0.3) is 11.4 Å². The number of methoxy groups -OCH3 is 1. The minimum Gasteiger partial charge on any atom is -0.480 e. The van der Waals surface area contributed by atoms with E-state index >= 15 is 0 Å². The molecule has 0 unspecified atom stereocenters. The maximum Gasteiger partial charge on any atom is 0.231 e. The van der Waals surface area contributed by atoms with Gasteiger partial charge in [0.2, 0.25) is 17.6 Å². The third kappa shape index (κ3) is 2.31. The Balaban J connectivity index is 1.64. The number of fused-ring (bicyclic) bond motifs is 1. The molecule has 2 aromatic rings. The Labute approximate surface area is 139 Å². The van der Waals surface area contributed by atoms with Crippen LogP contribution < -0.4 is 10.1 Å². The highest BCUT2D eigenvalue weighted by atomic mass is 16.5. The summed E-state index contributed by atoms with van der Waals surface area (Å²) < 4.78 is 10.9. The van der Waals surface area contributed by atoms with E-state index in [0.717, 1.165) is 29.8 Å². The van der Waals surface area contributed by atoms with Crippen LogP contribution in [-0.2, 0) is 4.79 Å². The summed E-state index contributed by atoms with van der Waals surface area (Å²) in [5.74, 6) is 2.10. The van der Waals surface area contributed by atoms with Crippen molar-refractivity contribution in [2.75, 3.05) is 13.7 Å². The van der Waals surface area contributed by atoms with Crippen LogP contribution in [0.4, 0.5) is 0 Å². The summed E-state index contributed by atoms with van der Waals surface area (Å²) in [5, 5.41) is 7.53. The quantitative estimate of drug-likeness (QED) is 0.918. The van der Waals surface area contributed by atoms with Gasteiger partial charge in [-0.25, -0.2) is 4.98 Å². The van der Waals surface area contributed by atoms with Crippen molar-refractivity contribution < 1.29 is 14.1 Å². The molecule has 2 aliphatic rings. The summed E-state index contributed by atoms with van der Waals surface area (Å²) in [5.41, 5.74) is 2.62. The molecule has 1 aliphatic carbocycles. The van der Waals surface area contributed by atoms with Gasteiger partial charge in [-0.2, -0.15) is 4.98 Å². The molecule has 3 atom stereocenters. The van der Waals surface area contributed by atoms with Gasteiger partial charge in [0.1, 0.15) is 5.78 Å². The highest BCUT2D eigenvalue weighted by molar-refractivity contribution is 5.84. The fraction of sp³-hybridized carbons (Fsp3) is 0.529. The Bertz CT molecular complexity index is 801. The summed E-state index contributed by atoms with van der Waals surface area (Å²) >= 11 is 0. The number of piperidine rings is 1. The van der Waals surface area contributed by atoms with Crippen LogP contribution in [0, 0.1) is 19.8 Å². The number of aryl methyl sites for hydroxylation is 2. The number of ketones is 1. The van der Waals surface area contributed by atoms with Gasteiger partial charge in [-0.05, 0) is 31.9 Å². The summed E-state index contributed by atoms with van der Waals surface area (Å²) in [6, 6.07) is 2.09. The predicted molar refractivity (Wildman–Crippen MR) is 85.8 cm³/mol. The van der Waals surface area contributed by atoms with E-state index < -0.39 is 0 Å². The molecule has 0 spiro atoms. The molecule has 1 aliphatic heterocycles. The summed E-state index contributed by atoms with van der Waals surface area (Å²) in [6.45, 7) is 4.62. The second kappa shape index (κ2) is 5.66. The molecule has 0 amide bonds. The van der Waals surface area contributed by atoms with E-state index in [1.807, 2.05) is 19.9 Å². The van der Waals surface area contributed by atoms with Gasteiger partial charge >= 0.3 is 0 Å². The molecule has 7 nitrogen and oxygen atoms in total. The van der Waals surface area contributed by atoms with E-state index in [1.54, 1.807) is 7.11 Å². The van der Waals surface area contributed by atoms with Crippen molar-refractivity contribution in [1.29, 1.82) is 0 Å². The van der Waals surface area contributed by atoms with Crippen LogP contribution in [0.5, 0.6) is 5.88 Å². The van der Waals surface area contributed by atoms with Gasteiger partial charge in [0.25, 0.3) is 0 Å². The number of pyridine rings is 1. The number of hydrogen-bond acceptors (Lipinski definition) is 7. The largest absolute Gasteiger partial charge is 0.480 e. The van der Waals surface area contributed by atoms with Gasteiger partial charge in [-0.1, -0.05) is 5.16 Å². The lowest BCUT2D eigenvalue weighted by Crippen LogP contribution is -2.57. The molecule has 1 N–H and O–H groups in total. The highest BCUT2D eigenvalue weighted by Gasteiger charge is 2.49. The van der Waals surface area contributed by atoms with Crippen LogP contribution in [0.2, 0.25) is 0 Å². The standard InChI is InChI=1S/C17H20N4O3/c1-8-6-9(2)19-17(23-3)13(8)15-20-16(24-21-15)11-7-10-12(22)4-5-18-14(10)11/h6,10-11,14,18H,4-5,7H2,1-3H3/t10-,11+,14+/m0/s1. The first-order chi connectivity index (χ1) is 11.6. The highest BCUT2D eigenvalue weighted by Crippen LogP contribution is 2.44. The van der Waals surface area contributed by atoms with Gasteiger partial charge in [-0.15, -0.1) is 0 Å². The number of nitrogens with one attached hydrogen (secondary N) is 1. The number of carbonyl (C=O) groups excluding carboxylic acids is 1. The van der Waals surface area contributed by atoms with E-state index in [4.69, 9.17) is 9.26 Å². The van der Waals surface area contributed by atoms with E-state index in [2.05, 4.69) is 20.4 Å². The fourth-order valence-corrected chi connectivity index (χ4v) is 3.78. The number of aromatic nitrogens is 3. The monoisotopic (exact) mass is 328 g/mol. The Morgan fingerprint density at radius 3 is 2.92 bits per heavy atom. The van der Waals surface area contributed by atoms with E-state index in [0.29, 0.717) is 29.8 Å². The van der Waals surface area contributed by atoms with Gasteiger partial charge in [-0.3, -0.25) is 4.79 Å². The molecule has 1 saturated heterocycles. The molecule has 4 rings (SSSR count). The van der Waals surface area contributed by atoms with E-state index in [1.165, 1.54) is 0 Å². The molecule has 1 saturated carbocycles. The smallest absolute Gasteiger partial charge is 0.231 e. The van der Waals surface area contributed by atoms with Crippen LogP contribution in [0.1, 0.15) is 35.9 Å². The SMILES string of the molecule is COc1nc(C)cc(C)c1-c1noc([C@@H]2C[C@H]3C(=O)CCN[C@H]32)n1. The third-order valence-corrected chi connectivity index (χ3v) is 5.03. The zero-order valence-electron chi connectivity index (χ0n) is 14.0. The Morgan fingerprint density at radius 2 is 2.12 bits per heavy atom. The van der Waals surface area contributed by atoms with Crippen molar-refractivity contribution >= 4 is 5.78 Å². The predicted octanol–water partition coefficient (Wildman–Crippen LogP) is 1.79. The maximum absolute atomic E-state index is 11.9. The molecule has 126 valence electrons. The van der Waals surface area contributed by atoms with Crippen molar-refractivity contribution in [2.45, 2.75) is 38.6 Å². The third-order valence-electron chi connectivity index (χ3n) is 5.03. The second-order valence-corrected chi connectivity index (χ2v) is 6.57. The van der Waals surface area contributed by atoms with Crippen molar-refractivity contribution in [2.24, 2.45) is 5.92 Å². The number of hydrogen-bond donors (Lipinski definition) is 1. The van der Waals surface area contributed by atoms with Crippen LogP contribution in [-0.4, -0.2) is 40.6 Å². The minimum absolute atomic E-state index is 0.0939. The maximum atomic E-state index is 11.9. The molecule has 0 radical (unpaired) electrons. The number of carbonyl (C=O) groups is 1. The lowest BCUT2D eigenvalue weighted by molar-refractivity contribution is -0.130. The van der Waals surface area contributed by atoms with Gasteiger partial charge in [0.15, 0.2) is 0 Å². The lowest BCUT2D eigenvalue weighted by Gasteiger charge is -2.45. The molecular weight excluding hydrogens is 308 g/mol. The second-order valence-electron chi connectivity index (χ2n) is 6.57. The number of rotatable bonds is 3. The number of nitrogens with zero attached hydrogens (tertiary/aromatic N) is 3. The normalized spacial score (nSPS) is 26.0. The topological polar surface area (TPSA) is 90.1 Å². The van der Waals surface area contributed by atoms with Crippen molar-refractivity contribution in [3.05, 3.63) is 23.2 Å². The molecule has 24 heavy (non-hydrogen) atoms. The van der Waals surface area contributed by atoms with Gasteiger partial charge in [0.05, 0.1) is 18.6 Å². The van der Waals surface area contributed by atoms with Crippen LogP contribution >= 0.6 is 0 Å². The minimum atomic E-state index is 0.0939. The Hall–Kier alpha value is -2.28. The first-order valence-electron chi connectivity index (χ1n) is 8.20. The molecular formula is C17H20N4O3. The Kier molecular flexibility index (Phi) is 3.60. The van der Waals surface area contributed by atoms with E-state index in [9.17, 15) is 4.79 Å². The summed E-state index contributed by atoms with van der Waals surface area (Å²) in [7, 11) is 1.58. The Morgan fingerprint density at radius 1 is 1.29 bits per heavy atom. The van der Waals surface area contributed by atoms with Gasteiger partial charge in [0, 0.05) is 30.6 Å². The molecule has 2 aromatic heterocycles. The summed E-state index contributed by atoms with van der Waals surface area (Å²) in [6.07, 6.45) is 1.40. The van der Waals surface area contributed by atoms with Crippen LogP contribution in [0.3, 0.4) is 0 Å². The van der Waals surface area contributed by atoms with Gasteiger partial charge < -0.3 is 14.6 Å². The molecule has 0 bridgehead atoms. The number of Topliss-reactive ketones (excluding diaryl/α,β-unsaturated/α-hetero) is 1.